The van der Waals surface area contributed by atoms with E-state index in [1.165, 1.54) is 0 Å². The van der Waals surface area contributed by atoms with E-state index in [0.717, 1.165) is 17.0 Å². The second-order valence-corrected chi connectivity index (χ2v) is 4.54. The molecule has 1 aliphatic rings. The molecule has 0 N–H and O–H groups in total. The standard InChI is InChI=1S/C14H14N2O2/c1-16-7-6-11(15-16)9-12(17)14-8-10-4-2-3-5-13(10)18-14/h2-7,14H,8-9H2,1H3. The average Bonchev–Trinajstić information content (AvgIpc) is 2.95. The van der Waals surface area contributed by atoms with E-state index >= 15 is 0 Å². The summed E-state index contributed by atoms with van der Waals surface area (Å²) in [5.74, 6) is 0.918. The van der Waals surface area contributed by atoms with Gasteiger partial charge in [-0.25, -0.2) is 0 Å². The Balaban J connectivity index is 1.69. The van der Waals surface area contributed by atoms with Crippen LogP contribution in [0, 0.1) is 0 Å². The fourth-order valence-corrected chi connectivity index (χ4v) is 2.21. The fraction of sp³-hybridized carbons (Fsp3) is 0.286. The Morgan fingerprint density at radius 1 is 1.44 bits per heavy atom. The highest BCUT2D eigenvalue weighted by Crippen LogP contribution is 2.28. The highest BCUT2D eigenvalue weighted by atomic mass is 16.5. The number of Topliss-reactive ketones (excluding diaryl/α,β-unsaturated/α-hetero) is 1. The third-order valence-electron chi connectivity index (χ3n) is 3.13. The summed E-state index contributed by atoms with van der Waals surface area (Å²) < 4.78 is 7.36. The first-order valence-corrected chi connectivity index (χ1v) is 5.98. The molecule has 1 aliphatic heterocycles. The van der Waals surface area contributed by atoms with Gasteiger partial charge in [0, 0.05) is 19.7 Å². The Labute approximate surface area is 105 Å². The van der Waals surface area contributed by atoms with Gasteiger partial charge in [0.2, 0.25) is 0 Å². The van der Waals surface area contributed by atoms with Gasteiger partial charge in [-0.15, -0.1) is 0 Å². The zero-order valence-electron chi connectivity index (χ0n) is 10.2. The Bertz CT molecular complexity index is 564. The molecule has 1 aromatic heterocycles. The lowest BCUT2D eigenvalue weighted by Gasteiger charge is -2.08. The largest absolute Gasteiger partial charge is 0.482 e. The molecule has 2 heterocycles. The van der Waals surface area contributed by atoms with Gasteiger partial charge in [0.15, 0.2) is 11.9 Å². The Morgan fingerprint density at radius 3 is 3.00 bits per heavy atom. The number of carbonyl (C=O) groups is 1. The topological polar surface area (TPSA) is 44.1 Å². The summed E-state index contributed by atoms with van der Waals surface area (Å²) in [6, 6.07) is 9.66. The molecule has 0 spiro atoms. The van der Waals surface area contributed by atoms with Crippen molar-refractivity contribution >= 4 is 5.78 Å². The third kappa shape index (κ3) is 2.01. The number of aryl methyl sites for hydroxylation is 1. The van der Waals surface area contributed by atoms with Crippen molar-refractivity contribution in [3.05, 3.63) is 47.8 Å². The maximum absolute atomic E-state index is 12.1. The molecule has 0 amide bonds. The Kier molecular flexibility index (Phi) is 2.63. The second kappa shape index (κ2) is 4.29. The van der Waals surface area contributed by atoms with Crippen molar-refractivity contribution in [2.24, 2.45) is 7.05 Å². The molecule has 0 radical (unpaired) electrons. The lowest BCUT2D eigenvalue weighted by molar-refractivity contribution is -0.124. The molecule has 2 aromatic rings. The Morgan fingerprint density at radius 2 is 2.28 bits per heavy atom. The Hall–Kier alpha value is -2.10. The van der Waals surface area contributed by atoms with Crippen LogP contribution in [0.25, 0.3) is 0 Å². The number of carbonyl (C=O) groups excluding carboxylic acids is 1. The number of ketones is 1. The highest BCUT2D eigenvalue weighted by Gasteiger charge is 2.28. The van der Waals surface area contributed by atoms with E-state index in [2.05, 4.69) is 5.10 Å². The van der Waals surface area contributed by atoms with Gasteiger partial charge in [0.25, 0.3) is 0 Å². The quantitative estimate of drug-likeness (QED) is 0.820. The van der Waals surface area contributed by atoms with Crippen LogP contribution in [0.2, 0.25) is 0 Å². The first-order chi connectivity index (χ1) is 8.72. The van der Waals surface area contributed by atoms with Crippen LogP contribution in [0.4, 0.5) is 0 Å². The monoisotopic (exact) mass is 242 g/mol. The summed E-state index contributed by atoms with van der Waals surface area (Å²) >= 11 is 0. The van der Waals surface area contributed by atoms with E-state index in [1.807, 2.05) is 43.6 Å². The molecule has 4 heteroatoms. The van der Waals surface area contributed by atoms with Crippen molar-refractivity contribution in [3.63, 3.8) is 0 Å². The predicted octanol–water partition coefficient (Wildman–Crippen LogP) is 1.54. The summed E-state index contributed by atoms with van der Waals surface area (Å²) in [6.45, 7) is 0. The molecule has 92 valence electrons. The van der Waals surface area contributed by atoms with Crippen LogP contribution >= 0.6 is 0 Å². The third-order valence-corrected chi connectivity index (χ3v) is 3.13. The number of para-hydroxylation sites is 1. The van der Waals surface area contributed by atoms with Gasteiger partial charge in [-0.05, 0) is 17.7 Å². The van der Waals surface area contributed by atoms with Crippen LogP contribution in [0.3, 0.4) is 0 Å². The smallest absolute Gasteiger partial charge is 0.179 e. The van der Waals surface area contributed by atoms with Gasteiger partial charge in [0.05, 0.1) is 12.1 Å². The lowest BCUT2D eigenvalue weighted by Crippen LogP contribution is -2.27. The maximum Gasteiger partial charge on any atom is 0.179 e. The van der Waals surface area contributed by atoms with Crippen LogP contribution < -0.4 is 4.74 Å². The summed E-state index contributed by atoms with van der Waals surface area (Å²) in [7, 11) is 1.84. The van der Waals surface area contributed by atoms with Gasteiger partial charge < -0.3 is 4.74 Å². The molecular weight excluding hydrogens is 228 g/mol. The predicted molar refractivity (Wildman–Crippen MR) is 66.5 cm³/mol. The molecule has 1 unspecified atom stereocenters. The fourth-order valence-electron chi connectivity index (χ4n) is 2.21. The molecule has 18 heavy (non-hydrogen) atoms. The van der Waals surface area contributed by atoms with E-state index < -0.39 is 0 Å². The average molecular weight is 242 g/mol. The normalized spacial score (nSPS) is 17.3. The molecule has 1 aromatic carbocycles. The molecule has 0 fully saturated rings. The van der Waals surface area contributed by atoms with E-state index in [0.29, 0.717) is 12.8 Å². The van der Waals surface area contributed by atoms with E-state index in [9.17, 15) is 4.79 Å². The summed E-state index contributed by atoms with van der Waals surface area (Å²) in [5, 5.41) is 4.21. The lowest BCUT2D eigenvalue weighted by atomic mass is 10.0. The number of nitrogens with zero attached hydrogens (tertiary/aromatic N) is 2. The van der Waals surface area contributed by atoms with Crippen LogP contribution in [0.1, 0.15) is 11.3 Å². The number of aromatic nitrogens is 2. The first kappa shape index (κ1) is 11.0. The van der Waals surface area contributed by atoms with Gasteiger partial charge in [-0.1, -0.05) is 18.2 Å². The number of rotatable bonds is 3. The molecule has 0 bridgehead atoms. The van der Waals surface area contributed by atoms with Crippen molar-refractivity contribution < 1.29 is 9.53 Å². The molecular formula is C14H14N2O2. The second-order valence-electron chi connectivity index (χ2n) is 4.54. The van der Waals surface area contributed by atoms with E-state index in [-0.39, 0.29) is 11.9 Å². The van der Waals surface area contributed by atoms with Crippen LogP contribution in [-0.2, 0) is 24.7 Å². The number of hydrogen-bond acceptors (Lipinski definition) is 3. The summed E-state index contributed by atoms with van der Waals surface area (Å²) in [6.07, 6.45) is 2.48. The molecule has 0 aliphatic carbocycles. The van der Waals surface area contributed by atoms with Gasteiger partial charge >= 0.3 is 0 Å². The minimum absolute atomic E-state index is 0.0879. The number of fused-ring (bicyclic) bond motifs is 1. The zero-order valence-corrected chi connectivity index (χ0v) is 10.2. The van der Waals surface area contributed by atoms with Crippen molar-refractivity contribution in [3.8, 4) is 5.75 Å². The van der Waals surface area contributed by atoms with E-state index in [4.69, 9.17) is 4.74 Å². The minimum atomic E-state index is -0.357. The van der Waals surface area contributed by atoms with E-state index in [1.54, 1.807) is 4.68 Å². The minimum Gasteiger partial charge on any atom is -0.482 e. The van der Waals surface area contributed by atoms with Gasteiger partial charge in [0.1, 0.15) is 5.75 Å². The number of benzene rings is 1. The number of hydrogen-bond donors (Lipinski definition) is 0. The van der Waals surface area contributed by atoms with Gasteiger partial charge in [-0.2, -0.15) is 5.10 Å². The highest BCUT2D eigenvalue weighted by molar-refractivity contribution is 5.86. The molecule has 4 nitrogen and oxygen atoms in total. The van der Waals surface area contributed by atoms with Crippen LogP contribution in [0.15, 0.2) is 36.5 Å². The van der Waals surface area contributed by atoms with Crippen LogP contribution in [0.5, 0.6) is 5.75 Å². The number of ether oxygens (including phenoxy) is 1. The van der Waals surface area contributed by atoms with Crippen molar-refractivity contribution in [2.75, 3.05) is 0 Å². The summed E-state index contributed by atoms with van der Waals surface area (Å²) in [4.78, 5) is 12.1. The van der Waals surface area contributed by atoms with Crippen LogP contribution in [-0.4, -0.2) is 21.7 Å². The molecule has 0 saturated carbocycles. The maximum atomic E-state index is 12.1. The zero-order chi connectivity index (χ0) is 12.5. The molecule has 3 rings (SSSR count). The van der Waals surface area contributed by atoms with Crippen molar-refractivity contribution in [1.29, 1.82) is 0 Å². The SMILES string of the molecule is Cn1ccc(CC(=O)C2Cc3ccccc3O2)n1. The van der Waals surface area contributed by atoms with Gasteiger partial charge in [-0.3, -0.25) is 9.48 Å². The van der Waals surface area contributed by atoms with Crippen molar-refractivity contribution in [1.82, 2.24) is 9.78 Å². The molecule has 1 atom stereocenters. The van der Waals surface area contributed by atoms with Crippen molar-refractivity contribution in [2.45, 2.75) is 18.9 Å². The molecule has 0 saturated heterocycles. The first-order valence-electron chi connectivity index (χ1n) is 5.98. The summed E-state index contributed by atoms with van der Waals surface area (Å²) in [5.41, 5.74) is 1.90.